The van der Waals surface area contributed by atoms with Crippen molar-refractivity contribution in [3.63, 3.8) is 0 Å². The predicted molar refractivity (Wildman–Crippen MR) is 57.7 cm³/mol. The summed E-state index contributed by atoms with van der Waals surface area (Å²) in [5.74, 6) is 0. The Kier molecular flexibility index (Phi) is 5.13. The molecule has 0 amide bonds. The molecule has 72 valence electrons. The van der Waals surface area contributed by atoms with E-state index < -0.39 is 0 Å². The first-order valence-electron chi connectivity index (χ1n) is 5.01. The van der Waals surface area contributed by atoms with Gasteiger partial charge >= 0.3 is 0 Å². The molecule has 0 spiro atoms. The average Bonchev–Trinajstić information content (AvgIpc) is 2.15. The van der Waals surface area contributed by atoms with E-state index in [0.717, 1.165) is 0 Å². The van der Waals surface area contributed by atoms with E-state index in [0.29, 0.717) is 0 Å². The van der Waals surface area contributed by atoms with Crippen molar-refractivity contribution in [2.24, 2.45) is 0 Å². The molecule has 0 N–H and O–H groups in total. The van der Waals surface area contributed by atoms with E-state index in [4.69, 9.17) is 0 Å². The van der Waals surface area contributed by atoms with E-state index in [2.05, 4.69) is 26.0 Å². The van der Waals surface area contributed by atoms with Gasteiger partial charge in [0.2, 0.25) is 0 Å². The zero-order valence-corrected chi connectivity index (χ0v) is 9.28. The molecule has 1 aliphatic heterocycles. The highest BCUT2D eigenvalue weighted by molar-refractivity contribution is 7.16. The normalized spacial score (nSPS) is 21.5. The molecule has 0 aromatic rings. The minimum Gasteiger partial charge on any atom is -0.301 e. The molecule has 1 aliphatic rings. The molecule has 1 saturated heterocycles. The van der Waals surface area contributed by atoms with Crippen LogP contribution >= 0.6 is 9.24 Å². The molecular weight excluding hydrogens is 167 g/mol. The molecule has 3 heteroatoms. The van der Waals surface area contributed by atoms with Gasteiger partial charge in [-0.2, -0.15) is 0 Å². The summed E-state index contributed by atoms with van der Waals surface area (Å²) >= 11 is 0. The van der Waals surface area contributed by atoms with Crippen LogP contribution in [0.5, 0.6) is 0 Å². The van der Waals surface area contributed by atoms with Gasteiger partial charge in [0.15, 0.2) is 0 Å². The molecule has 0 saturated carbocycles. The maximum absolute atomic E-state index is 2.80. The molecule has 1 heterocycles. The Morgan fingerprint density at radius 1 is 1.08 bits per heavy atom. The number of likely N-dealkylation sites (N-methyl/N-ethyl adjacent to an activating group) is 1. The minimum atomic E-state index is 1.22. The van der Waals surface area contributed by atoms with E-state index in [1.807, 2.05) is 0 Å². The van der Waals surface area contributed by atoms with Crippen LogP contribution < -0.4 is 0 Å². The molecule has 0 radical (unpaired) electrons. The first-order valence-corrected chi connectivity index (χ1v) is 5.83. The molecule has 1 rings (SSSR count). The van der Waals surface area contributed by atoms with Crippen molar-refractivity contribution in [3.05, 3.63) is 0 Å². The monoisotopic (exact) mass is 188 g/mol. The van der Waals surface area contributed by atoms with Crippen LogP contribution in [-0.4, -0.2) is 55.2 Å². The van der Waals surface area contributed by atoms with Crippen molar-refractivity contribution in [2.45, 2.75) is 13.3 Å². The molecule has 0 bridgehead atoms. The topological polar surface area (TPSA) is 6.48 Å². The third-order valence-corrected chi connectivity index (χ3v) is 3.00. The van der Waals surface area contributed by atoms with Crippen LogP contribution in [0.4, 0.5) is 0 Å². The van der Waals surface area contributed by atoms with E-state index in [9.17, 15) is 0 Å². The predicted octanol–water partition coefficient (Wildman–Crippen LogP) is 0.889. The van der Waals surface area contributed by atoms with Crippen molar-refractivity contribution < 1.29 is 0 Å². The van der Waals surface area contributed by atoms with Crippen molar-refractivity contribution in [3.8, 4) is 0 Å². The Hall–Kier alpha value is 0.350. The Morgan fingerprint density at radius 2 is 1.67 bits per heavy atom. The van der Waals surface area contributed by atoms with Gasteiger partial charge in [0.1, 0.15) is 0 Å². The van der Waals surface area contributed by atoms with Gasteiger partial charge in [-0.25, -0.2) is 0 Å². The average molecular weight is 188 g/mol. The molecular formula is C9H21N2P. The van der Waals surface area contributed by atoms with E-state index >= 15 is 0 Å². The first-order chi connectivity index (χ1) is 5.86. The zero-order valence-electron chi connectivity index (χ0n) is 8.13. The van der Waals surface area contributed by atoms with Gasteiger partial charge in [0, 0.05) is 26.2 Å². The lowest BCUT2D eigenvalue weighted by Gasteiger charge is -2.33. The van der Waals surface area contributed by atoms with Gasteiger partial charge in [0.25, 0.3) is 0 Å². The molecule has 1 fully saturated rings. The van der Waals surface area contributed by atoms with Crippen LogP contribution in [0.2, 0.25) is 0 Å². The number of hydrogen-bond donors (Lipinski definition) is 0. The quantitative estimate of drug-likeness (QED) is 0.604. The number of nitrogens with zero attached hydrogens (tertiary/aromatic N) is 2. The van der Waals surface area contributed by atoms with Gasteiger partial charge in [0.05, 0.1) is 0 Å². The summed E-state index contributed by atoms with van der Waals surface area (Å²) in [6.45, 7) is 9.86. The Morgan fingerprint density at radius 3 is 2.17 bits per heavy atom. The second kappa shape index (κ2) is 5.90. The number of piperazine rings is 1. The molecule has 0 aromatic carbocycles. The first kappa shape index (κ1) is 10.4. The summed E-state index contributed by atoms with van der Waals surface area (Å²) < 4.78 is 0. The standard InChI is InChI=1S/C9H21N2P/c1-2-10-5-7-11(8-6-10)4-3-9-12/h2-9,12H2,1H3. The Bertz CT molecular complexity index is 111. The van der Waals surface area contributed by atoms with Crippen molar-refractivity contribution in [1.82, 2.24) is 9.80 Å². The summed E-state index contributed by atoms with van der Waals surface area (Å²) in [4.78, 5) is 5.10. The highest BCUT2D eigenvalue weighted by atomic mass is 31.0. The van der Waals surface area contributed by atoms with Gasteiger partial charge in [-0.3, -0.25) is 0 Å². The molecule has 1 atom stereocenters. The van der Waals surface area contributed by atoms with Gasteiger partial charge < -0.3 is 9.80 Å². The highest BCUT2D eigenvalue weighted by Gasteiger charge is 2.13. The Labute approximate surface area is 78.5 Å². The smallest absolute Gasteiger partial charge is 0.0110 e. The summed E-state index contributed by atoms with van der Waals surface area (Å²) in [6.07, 6.45) is 2.57. The van der Waals surface area contributed by atoms with Gasteiger partial charge in [-0.15, -0.1) is 9.24 Å². The third-order valence-electron chi connectivity index (χ3n) is 2.59. The van der Waals surface area contributed by atoms with Crippen molar-refractivity contribution >= 4 is 9.24 Å². The summed E-state index contributed by atoms with van der Waals surface area (Å²) in [6, 6.07) is 0. The molecule has 2 nitrogen and oxygen atoms in total. The van der Waals surface area contributed by atoms with Crippen LogP contribution in [0.25, 0.3) is 0 Å². The van der Waals surface area contributed by atoms with Crippen LogP contribution in [-0.2, 0) is 0 Å². The fourth-order valence-electron chi connectivity index (χ4n) is 1.64. The van der Waals surface area contributed by atoms with Gasteiger partial charge in [-0.1, -0.05) is 6.92 Å². The molecule has 0 aromatic heterocycles. The summed E-state index contributed by atoms with van der Waals surface area (Å²) in [7, 11) is 2.80. The van der Waals surface area contributed by atoms with Crippen LogP contribution in [0.3, 0.4) is 0 Å². The largest absolute Gasteiger partial charge is 0.301 e. The maximum Gasteiger partial charge on any atom is 0.0110 e. The second-order valence-electron chi connectivity index (χ2n) is 3.42. The van der Waals surface area contributed by atoms with Crippen LogP contribution in [0.15, 0.2) is 0 Å². The molecule has 12 heavy (non-hydrogen) atoms. The molecule has 1 unspecified atom stereocenters. The van der Waals surface area contributed by atoms with E-state index in [1.165, 1.54) is 51.9 Å². The van der Waals surface area contributed by atoms with Crippen LogP contribution in [0, 0.1) is 0 Å². The summed E-state index contributed by atoms with van der Waals surface area (Å²) in [5.41, 5.74) is 0. The van der Waals surface area contributed by atoms with Crippen LogP contribution in [0.1, 0.15) is 13.3 Å². The molecule has 0 aliphatic carbocycles. The third kappa shape index (κ3) is 3.38. The lowest BCUT2D eigenvalue weighted by atomic mass is 10.3. The SMILES string of the molecule is CCN1CCN(CCCP)CC1. The fourth-order valence-corrected chi connectivity index (χ4v) is 1.83. The fraction of sp³-hybridized carbons (Fsp3) is 1.00. The lowest BCUT2D eigenvalue weighted by molar-refractivity contribution is 0.138. The highest BCUT2D eigenvalue weighted by Crippen LogP contribution is 2.02. The zero-order chi connectivity index (χ0) is 8.81. The van der Waals surface area contributed by atoms with E-state index in [1.54, 1.807) is 0 Å². The van der Waals surface area contributed by atoms with E-state index in [-0.39, 0.29) is 0 Å². The number of rotatable bonds is 4. The van der Waals surface area contributed by atoms with Gasteiger partial charge in [-0.05, 0) is 25.7 Å². The van der Waals surface area contributed by atoms with Crippen molar-refractivity contribution in [2.75, 3.05) is 45.4 Å². The van der Waals surface area contributed by atoms with Crippen molar-refractivity contribution in [1.29, 1.82) is 0 Å². The Balaban J connectivity index is 2.09. The minimum absolute atomic E-state index is 1.22. The lowest BCUT2D eigenvalue weighted by Crippen LogP contribution is -2.46. The number of hydrogen-bond acceptors (Lipinski definition) is 2. The second-order valence-corrected chi connectivity index (χ2v) is 4.00. The summed E-state index contributed by atoms with van der Waals surface area (Å²) in [5, 5.41) is 0. The maximum atomic E-state index is 2.80.